The van der Waals surface area contributed by atoms with Crippen molar-refractivity contribution in [1.82, 2.24) is 4.98 Å². The second-order valence-electron chi connectivity index (χ2n) is 1.88. The van der Waals surface area contributed by atoms with Gasteiger partial charge in [0.05, 0.1) is 0 Å². The SMILES string of the molecule is CC#Cc1cc(Cl)nc(Br)c1. The lowest BCUT2D eigenvalue weighted by molar-refractivity contribution is 1.27. The maximum absolute atomic E-state index is 5.68. The van der Waals surface area contributed by atoms with Crippen molar-refractivity contribution < 1.29 is 0 Å². The Labute approximate surface area is 78.9 Å². The van der Waals surface area contributed by atoms with Crippen molar-refractivity contribution in [2.45, 2.75) is 6.92 Å². The van der Waals surface area contributed by atoms with E-state index in [1.165, 1.54) is 0 Å². The molecule has 0 amide bonds. The molecule has 0 saturated heterocycles. The second kappa shape index (κ2) is 3.75. The number of nitrogens with zero attached hydrogens (tertiary/aromatic N) is 1. The van der Waals surface area contributed by atoms with Crippen molar-refractivity contribution in [3.8, 4) is 11.8 Å². The van der Waals surface area contributed by atoms with E-state index >= 15 is 0 Å². The summed E-state index contributed by atoms with van der Waals surface area (Å²) in [4.78, 5) is 3.93. The van der Waals surface area contributed by atoms with Crippen LogP contribution in [0.4, 0.5) is 0 Å². The van der Waals surface area contributed by atoms with E-state index in [-0.39, 0.29) is 0 Å². The molecule has 0 fully saturated rings. The molecule has 0 aliphatic heterocycles. The van der Waals surface area contributed by atoms with Gasteiger partial charge in [-0.25, -0.2) is 4.98 Å². The molecule has 1 aromatic rings. The molecule has 1 nitrogen and oxygen atoms in total. The number of hydrogen-bond donors (Lipinski definition) is 0. The van der Waals surface area contributed by atoms with Crippen molar-refractivity contribution in [3.63, 3.8) is 0 Å². The van der Waals surface area contributed by atoms with Gasteiger partial charge in [0, 0.05) is 5.56 Å². The van der Waals surface area contributed by atoms with Crippen LogP contribution in [0.1, 0.15) is 12.5 Å². The van der Waals surface area contributed by atoms with E-state index in [0.29, 0.717) is 9.76 Å². The summed E-state index contributed by atoms with van der Waals surface area (Å²) in [5.41, 5.74) is 0.874. The van der Waals surface area contributed by atoms with E-state index in [9.17, 15) is 0 Å². The van der Waals surface area contributed by atoms with Crippen LogP contribution < -0.4 is 0 Å². The van der Waals surface area contributed by atoms with Crippen molar-refractivity contribution in [1.29, 1.82) is 0 Å². The fraction of sp³-hybridized carbons (Fsp3) is 0.125. The summed E-state index contributed by atoms with van der Waals surface area (Å²) < 4.78 is 0.711. The van der Waals surface area contributed by atoms with Gasteiger partial charge in [0.2, 0.25) is 0 Å². The van der Waals surface area contributed by atoms with Crippen LogP contribution in [0.15, 0.2) is 16.7 Å². The summed E-state index contributed by atoms with van der Waals surface area (Å²) in [5.74, 6) is 5.67. The van der Waals surface area contributed by atoms with Gasteiger partial charge in [0.15, 0.2) is 0 Å². The molecule has 1 rings (SSSR count). The minimum Gasteiger partial charge on any atom is -0.229 e. The number of rotatable bonds is 0. The highest BCUT2D eigenvalue weighted by Gasteiger charge is 1.94. The predicted molar refractivity (Wildman–Crippen MR) is 49.5 cm³/mol. The maximum Gasteiger partial charge on any atom is 0.131 e. The first-order valence-corrected chi connectivity index (χ1v) is 4.15. The summed E-state index contributed by atoms with van der Waals surface area (Å²) in [6, 6.07) is 3.55. The van der Waals surface area contributed by atoms with Crippen LogP contribution in [-0.4, -0.2) is 4.98 Å². The van der Waals surface area contributed by atoms with Gasteiger partial charge in [-0.05, 0) is 35.0 Å². The van der Waals surface area contributed by atoms with Crippen LogP contribution in [0.3, 0.4) is 0 Å². The Hall–Kier alpha value is -0.520. The fourth-order valence-corrected chi connectivity index (χ4v) is 1.43. The molecule has 0 atom stereocenters. The molecule has 0 aliphatic rings. The van der Waals surface area contributed by atoms with Crippen molar-refractivity contribution in [2.24, 2.45) is 0 Å². The lowest BCUT2D eigenvalue weighted by Crippen LogP contribution is -1.80. The van der Waals surface area contributed by atoms with E-state index in [4.69, 9.17) is 11.6 Å². The Morgan fingerprint density at radius 3 is 2.82 bits per heavy atom. The zero-order valence-corrected chi connectivity index (χ0v) is 8.20. The Morgan fingerprint density at radius 1 is 1.55 bits per heavy atom. The standard InChI is InChI=1S/C8H5BrClN/c1-2-3-6-4-7(9)11-8(10)5-6/h4-5H,1H3. The predicted octanol–water partition coefficient (Wildman–Crippen LogP) is 2.87. The van der Waals surface area contributed by atoms with Gasteiger partial charge in [-0.1, -0.05) is 17.5 Å². The van der Waals surface area contributed by atoms with Crippen molar-refractivity contribution >= 4 is 27.5 Å². The van der Waals surface area contributed by atoms with Gasteiger partial charge in [-0.2, -0.15) is 0 Å². The quantitative estimate of drug-likeness (QED) is 0.493. The van der Waals surface area contributed by atoms with Crippen LogP contribution in [0, 0.1) is 11.8 Å². The van der Waals surface area contributed by atoms with Crippen LogP contribution in [0.5, 0.6) is 0 Å². The third-order valence-corrected chi connectivity index (χ3v) is 1.63. The van der Waals surface area contributed by atoms with Gasteiger partial charge in [-0.3, -0.25) is 0 Å². The topological polar surface area (TPSA) is 12.9 Å². The van der Waals surface area contributed by atoms with Gasteiger partial charge in [0.25, 0.3) is 0 Å². The van der Waals surface area contributed by atoms with Crippen molar-refractivity contribution in [2.75, 3.05) is 0 Å². The molecule has 0 N–H and O–H groups in total. The molecule has 11 heavy (non-hydrogen) atoms. The lowest BCUT2D eigenvalue weighted by atomic mass is 10.3. The van der Waals surface area contributed by atoms with Crippen LogP contribution in [-0.2, 0) is 0 Å². The van der Waals surface area contributed by atoms with Crippen LogP contribution in [0.25, 0.3) is 0 Å². The zero-order chi connectivity index (χ0) is 8.27. The fourth-order valence-electron chi connectivity index (χ4n) is 0.681. The second-order valence-corrected chi connectivity index (χ2v) is 3.08. The molecule has 1 heterocycles. The number of aromatic nitrogens is 1. The summed E-state index contributed by atoms with van der Waals surface area (Å²) in [5, 5.41) is 0.456. The van der Waals surface area contributed by atoms with Gasteiger partial charge in [0.1, 0.15) is 9.76 Å². The first-order valence-electron chi connectivity index (χ1n) is 2.98. The molecule has 0 spiro atoms. The normalized spacial score (nSPS) is 8.64. The van der Waals surface area contributed by atoms with Crippen molar-refractivity contribution in [3.05, 3.63) is 27.5 Å². The molecule has 56 valence electrons. The van der Waals surface area contributed by atoms with Gasteiger partial charge < -0.3 is 0 Å². The van der Waals surface area contributed by atoms with E-state index in [1.54, 1.807) is 13.0 Å². The highest BCUT2D eigenvalue weighted by atomic mass is 79.9. The molecule has 0 bridgehead atoms. The highest BCUT2D eigenvalue weighted by Crippen LogP contribution is 2.13. The molecular weight excluding hydrogens is 225 g/mol. The first kappa shape index (κ1) is 8.58. The molecule has 3 heteroatoms. The molecule has 0 aromatic carbocycles. The molecule has 1 aromatic heterocycles. The Balaban J connectivity index is 3.15. The average Bonchev–Trinajstić information content (AvgIpc) is 1.85. The van der Waals surface area contributed by atoms with Crippen LogP contribution >= 0.6 is 27.5 Å². The Bertz CT molecular complexity index is 304. The van der Waals surface area contributed by atoms with E-state index in [2.05, 4.69) is 32.8 Å². The largest absolute Gasteiger partial charge is 0.229 e. The Kier molecular flexibility index (Phi) is 2.92. The van der Waals surface area contributed by atoms with E-state index < -0.39 is 0 Å². The molecule has 0 aliphatic carbocycles. The van der Waals surface area contributed by atoms with Gasteiger partial charge in [-0.15, -0.1) is 5.92 Å². The molecule has 0 saturated carbocycles. The molecular formula is C8H5BrClN. The third kappa shape index (κ3) is 2.53. The van der Waals surface area contributed by atoms with Gasteiger partial charge >= 0.3 is 0 Å². The van der Waals surface area contributed by atoms with E-state index in [1.807, 2.05) is 6.07 Å². The summed E-state index contributed by atoms with van der Waals surface area (Å²) in [6.07, 6.45) is 0. The molecule has 0 radical (unpaired) electrons. The number of pyridine rings is 1. The zero-order valence-electron chi connectivity index (χ0n) is 5.86. The third-order valence-electron chi connectivity index (χ3n) is 1.03. The smallest absolute Gasteiger partial charge is 0.131 e. The summed E-state index contributed by atoms with van der Waals surface area (Å²) in [6.45, 7) is 1.78. The number of halogens is 2. The summed E-state index contributed by atoms with van der Waals surface area (Å²) >= 11 is 8.90. The first-order chi connectivity index (χ1) is 5.22. The number of hydrogen-bond acceptors (Lipinski definition) is 1. The van der Waals surface area contributed by atoms with Crippen LogP contribution in [0.2, 0.25) is 5.15 Å². The Morgan fingerprint density at radius 2 is 2.27 bits per heavy atom. The highest BCUT2D eigenvalue weighted by molar-refractivity contribution is 9.10. The lowest BCUT2D eigenvalue weighted by Gasteiger charge is -1.92. The minimum absolute atomic E-state index is 0.456. The minimum atomic E-state index is 0.456. The van der Waals surface area contributed by atoms with E-state index in [0.717, 1.165) is 5.56 Å². The maximum atomic E-state index is 5.68. The average molecular weight is 230 g/mol. The monoisotopic (exact) mass is 229 g/mol. The molecule has 0 unspecified atom stereocenters. The summed E-state index contributed by atoms with van der Waals surface area (Å²) in [7, 11) is 0.